The minimum atomic E-state index is -0.943. The van der Waals surface area contributed by atoms with E-state index in [2.05, 4.69) is 5.32 Å². The molecule has 1 amide bonds. The third-order valence-electron chi connectivity index (χ3n) is 2.95. The Morgan fingerprint density at radius 1 is 1.56 bits per heavy atom. The molecule has 0 aromatic rings. The number of nitrogens with two attached hydrogens (primary N) is 1. The highest BCUT2D eigenvalue weighted by molar-refractivity contribution is 5.85. The van der Waals surface area contributed by atoms with Crippen molar-refractivity contribution in [3.8, 4) is 0 Å². The number of amides is 1. The number of ether oxygens (including phenoxy) is 1. The summed E-state index contributed by atoms with van der Waals surface area (Å²) in [7, 11) is 1.43. The van der Waals surface area contributed by atoms with E-state index in [1.807, 2.05) is 0 Å². The molecule has 0 radical (unpaired) electrons. The molecule has 1 rings (SSSR count). The lowest BCUT2D eigenvalue weighted by atomic mass is 10.1. The van der Waals surface area contributed by atoms with E-state index < -0.39 is 17.5 Å². The fraction of sp³-hybridized carbons (Fsp3) is 0.800. The predicted octanol–water partition coefficient (Wildman–Crippen LogP) is -0.669. The summed E-state index contributed by atoms with van der Waals surface area (Å²) < 4.78 is 4.95. The molecule has 0 heterocycles. The molecule has 6 heteroatoms. The summed E-state index contributed by atoms with van der Waals surface area (Å²) in [5.74, 6) is -1.04. The monoisotopic (exact) mass is 230 g/mol. The number of hydrogen-bond donors (Lipinski definition) is 3. The summed E-state index contributed by atoms with van der Waals surface area (Å²) in [5, 5.41) is 11.3. The van der Waals surface area contributed by atoms with Gasteiger partial charge in [0, 0.05) is 20.2 Å². The number of nitrogens with one attached hydrogen (secondary N) is 1. The number of carboxylic acids is 1. The van der Waals surface area contributed by atoms with Crippen molar-refractivity contribution in [3.05, 3.63) is 0 Å². The Morgan fingerprint density at radius 3 is 2.56 bits per heavy atom. The van der Waals surface area contributed by atoms with E-state index in [0.717, 1.165) is 12.8 Å². The fourth-order valence-electron chi connectivity index (χ4n) is 1.50. The van der Waals surface area contributed by atoms with Gasteiger partial charge in [0.05, 0.1) is 17.9 Å². The van der Waals surface area contributed by atoms with Gasteiger partial charge in [-0.2, -0.15) is 0 Å². The van der Waals surface area contributed by atoms with Gasteiger partial charge in [0.2, 0.25) is 5.91 Å². The smallest absolute Gasteiger partial charge is 0.306 e. The average Bonchev–Trinajstić information content (AvgIpc) is 3.04. The summed E-state index contributed by atoms with van der Waals surface area (Å²) in [6.45, 7) is 0.554. The van der Waals surface area contributed by atoms with Crippen LogP contribution in [0, 0.1) is 5.41 Å². The lowest BCUT2D eigenvalue weighted by molar-refractivity contribution is -0.140. The van der Waals surface area contributed by atoms with Gasteiger partial charge < -0.3 is 20.9 Å². The number of carboxylic acid groups (broad SMARTS) is 1. The lowest BCUT2D eigenvalue weighted by Gasteiger charge is -2.17. The quantitative estimate of drug-likeness (QED) is 0.538. The molecule has 0 aromatic carbocycles. The zero-order chi connectivity index (χ0) is 12.2. The van der Waals surface area contributed by atoms with Crippen LogP contribution >= 0.6 is 0 Å². The molecule has 1 aliphatic rings. The van der Waals surface area contributed by atoms with E-state index in [-0.39, 0.29) is 18.9 Å². The minimum absolute atomic E-state index is 0.0950. The van der Waals surface area contributed by atoms with Crippen molar-refractivity contribution < 1.29 is 19.4 Å². The second kappa shape index (κ2) is 5.27. The number of methoxy groups -OCH3 is 1. The van der Waals surface area contributed by atoms with Crippen LogP contribution in [-0.4, -0.2) is 43.3 Å². The topological polar surface area (TPSA) is 102 Å². The predicted molar refractivity (Wildman–Crippen MR) is 56.8 cm³/mol. The summed E-state index contributed by atoms with van der Waals surface area (Å²) >= 11 is 0. The van der Waals surface area contributed by atoms with Crippen LogP contribution in [0.3, 0.4) is 0 Å². The number of aliphatic carboxylic acids is 1. The Labute approximate surface area is 94.1 Å². The van der Waals surface area contributed by atoms with Crippen LogP contribution in [0.15, 0.2) is 0 Å². The van der Waals surface area contributed by atoms with Crippen molar-refractivity contribution in [3.63, 3.8) is 0 Å². The maximum Gasteiger partial charge on any atom is 0.306 e. The third-order valence-corrected chi connectivity index (χ3v) is 2.95. The molecule has 16 heavy (non-hydrogen) atoms. The molecule has 0 saturated heterocycles. The van der Waals surface area contributed by atoms with Crippen LogP contribution in [0.1, 0.15) is 19.3 Å². The highest BCUT2D eigenvalue weighted by atomic mass is 16.5. The van der Waals surface area contributed by atoms with E-state index in [0.29, 0.717) is 6.54 Å². The molecule has 1 atom stereocenters. The van der Waals surface area contributed by atoms with Crippen LogP contribution in [0.4, 0.5) is 0 Å². The molecule has 4 N–H and O–H groups in total. The Morgan fingerprint density at radius 2 is 2.19 bits per heavy atom. The summed E-state index contributed by atoms with van der Waals surface area (Å²) in [6.07, 6.45) is 1.01. The molecule has 1 unspecified atom stereocenters. The molecule has 1 saturated carbocycles. The Balaban J connectivity index is 2.32. The average molecular weight is 230 g/mol. The van der Waals surface area contributed by atoms with E-state index >= 15 is 0 Å². The van der Waals surface area contributed by atoms with Crippen LogP contribution in [-0.2, 0) is 14.3 Å². The van der Waals surface area contributed by atoms with Crippen LogP contribution in [0.2, 0.25) is 0 Å². The number of rotatable bonds is 7. The first-order chi connectivity index (χ1) is 7.54. The highest BCUT2D eigenvalue weighted by Crippen LogP contribution is 2.44. The van der Waals surface area contributed by atoms with E-state index in [4.69, 9.17) is 15.6 Å². The largest absolute Gasteiger partial charge is 0.481 e. The third kappa shape index (κ3) is 3.18. The first-order valence-corrected chi connectivity index (χ1v) is 5.27. The van der Waals surface area contributed by atoms with Gasteiger partial charge in [-0.3, -0.25) is 9.59 Å². The summed E-state index contributed by atoms with van der Waals surface area (Å²) in [5.41, 5.74) is 5.10. The molecule has 1 aliphatic carbocycles. The van der Waals surface area contributed by atoms with Gasteiger partial charge >= 0.3 is 5.97 Å². The number of hydrogen-bond acceptors (Lipinski definition) is 4. The van der Waals surface area contributed by atoms with Crippen LogP contribution in [0.5, 0.6) is 0 Å². The van der Waals surface area contributed by atoms with Gasteiger partial charge in [-0.1, -0.05) is 0 Å². The normalized spacial score (nSPS) is 18.9. The van der Waals surface area contributed by atoms with E-state index in [1.165, 1.54) is 7.11 Å². The number of carbonyl (C=O) groups is 2. The minimum Gasteiger partial charge on any atom is -0.481 e. The van der Waals surface area contributed by atoms with Crippen molar-refractivity contribution in [1.82, 2.24) is 5.32 Å². The summed E-state index contributed by atoms with van der Waals surface area (Å²) in [6, 6.07) is 0. The van der Waals surface area contributed by atoms with Crippen LogP contribution in [0.25, 0.3) is 0 Å². The Kier molecular flexibility index (Phi) is 4.26. The van der Waals surface area contributed by atoms with Gasteiger partial charge in [0.25, 0.3) is 0 Å². The van der Waals surface area contributed by atoms with Crippen molar-refractivity contribution >= 4 is 11.9 Å². The number of carbonyl (C=O) groups excluding carboxylic acids is 1. The molecular weight excluding hydrogens is 212 g/mol. The Hall–Kier alpha value is -1.14. The lowest BCUT2D eigenvalue weighted by Crippen LogP contribution is -2.41. The molecule has 0 spiro atoms. The van der Waals surface area contributed by atoms with Crippen LogP contribution < -0.4 is 11.1 Å². The van der Waals surface area contributed by atoms with Gasteiger partial charge in [-0.25, -0.2) is 0 Å². The standard InChI is InChI=1S/C10H18N2O4/c1-16-7(4-8(13)14)5-12-9(15)10(6-11)2-3-10/h7H,2-6,11H2,1H3,(H,12,15)(H,13,14). The first-order valence-electron chi connectivity index (χ1n) is 5.27. The van der Waals surface area contributed by atoms with Crippen molar-refractivity contribution in [1.29, 1.82) is 0 Å². The zero-order valence-corrected chi connectivity index (χ0v) is 9.36. The highest BCUT2D eigenvalue weighted by Gasteiger charge is 2.48. The molecular formula is C10H18N2O4. The second-order valence-corrected chi connectivity index (χ2v) is 4.15. The van der Waals surface area contributed by atoms with Crippen molar-refractivity contribution in [2.24, 2.45) is 11.1 Å². The van der Waals surface area contributed by atoms with Gasteiger partial charge in [0.1, 0.15) is 0 Å². The molecule has 6 nitrogen and oxygen atoms in total. The molecule has 92 valence electrons. The van der Waals surface area contributed by atoms with E-state index in [1.54, 1.807) is 0 Å². The SMILES string of the molecule is COC(CNC(=O)C1(CN)CC1)CC(=O)O. The van der Waals surface area contributed by atoms with Gasteiger partial charge in [-0.05, 0) is 12.8 Å². The second-order valence-electron chi connectivity index (χ2n) is 4.15. The van der Waals surface area contributed by atoms with E-state index in [9.17, 15) is 9.59 Å². The maximum atomic E-state index is 11.7. The van der Waals surface area contributed by atoms with Gasteiger partial charge in [-0.15, -0.1) is 0 Å². The Bertz CT molecular complexity index is 276. The van der Waals surface area contributed by atoms with Gasteiger partial charge in [0.15, 0.2) is 0 Å². The van der Waals surface area contributed by atoms with Crippen molar-refractivity contribution in [2.75, 3.05) is 20.2 Å². The first kappa shape index (κ1) is 12.9. The maximum absolute atomic E-state index is 11.7. The van der Waals surface area contributed by atoms with Crippen molar-refractivity contribution in [2.45, 2.75) is 25.4 Å². The fourth-order valence-corrected chi connectivity index (χ4v) is 1.50. The molecule has 0 aromatic heterocycles. The molecule has 0 aliphatic heterocycles. The molecule has 0 bridgehead atoms. The zero-order valence-electron chi connectivity index (χ0n) is 9.36. The summed E-state index contributed by atoms with van der Waals surface area (Å²) in [4.78, 5) is 22.1. The molecule has 1 fully saturated rings.